The molecule has 2 aliphatic rings. The maximum atomic E-state index is 5.45. The van der Waals surface area contributed by atoms with E-state index in [1.807, 2.05) is 0 Å². The predicted molar refractivity (Wildman–Crippen MR) is 81.2 cm³/mol. The van der Waals surface area contributed by atoms with Crippen molar-refractivity contribution < 1.29 is 4.52 Å². The van der Waals surface area contributed by atoms with Gasteiger partial charge in [0, 0.05) is 38.5 Å². The Bertz CT molecular complexity index is 443. The number of nitrogens with one attached hydrogen (secondary N) is 1. The van der Waals surface area contributed by atoms with Crippen LogP contribution in [0.4, 0.5) is 0 Å². The van der Waals surface area contributed by atoms with Gasteiger partial charge in [0.05, 0.1) is 0 Å². The van der Waals surface area contributed by atoms with Crippen molar-refractivity contribution in [3.05, 3.63) is 11.7 Å². The van der Waals surface area contributed by atoms with Crippen molar-refractivity contribution in [1.29, 1.82) is 0 Å². The summed E-state index contributed by atoms with van der Waals surface area (Å²) in [5.41, 5.74) is 0. The highest BCUT2D eigenvalue weighted by molar-refractivity contribution is 4.94. The van der Waals surface area contributed by atoms with E-state index in [4.69, 9.17) is 4.52 Å². The minimum Gasteiger partial charge on any atom is -0.339 e. The van der Waals surface area contributed by atoms with E-state index < -0.39 is 0 Å². The summed E-state index contributed by atoms with van der Waals surface area (Å²) in [5.74, 6) is 2.32. The van der Waals surface area contributed by atoms with Gasteiger partial charge in [-0.25, -0.2) is 0 Å². The highest BCUT2D eigenvalue weighted by Crippen LogP contribution is 2.16. The molecule has 2 saturated heterocycles. The number of hydrogen-bond donors (Lipinski definition) is 1. The van der Waals surface area contributed by atoms with Crippen LogP contribution in [0.2, 0.25) is 0 Å². The normalized spacial score (nSPS) is 28.9. The van der Waals surface area contributed by atoms with Gasteiger partial charge in [-0.1, -0.05) is 5.16 Å². The molecule has 3 rings (SSSR count). The van der Waals surface area contributed by atoms with E-state index in [0.29, 0.717) is 12.0 Å². The smallest absolute Gasteiger partial charge is 0.226 e. The van der Waals surface area contributed by atoms with Crippen LogP contribution in [-0.4, -0.2) is 72.8 Å². The lowest BCUT2D eigenvalue weighted by molar-refractivity contribution is 0.113. The number of aromatic nitrogens is 2. The average Bonchev–Trinajstić information content (AvgIpc) is 2.91. The summed E-state index contributed by atoms with van der Waals surface area (Å²) in [6.07, 6.45) is 4.32. The van der Waals surface area contributed by atoms with E-state index in [-0.39, 0.29) is 0 Å². The molecular formula is C15H27N5O. The van der Waals surface area contributed by atoms with Crippen molar-refractivity contribution >= 4 is 0 Å². The highest BCUT2D eigenvalue weighted by atomic mass is 16.5. The molecule has 2 atom stereocenters. The molecule has 1 N–H and O–H groups in total. The monoisotopic (exact) mass is 293 g/mol. The molecule has 2 aliphatic heterocycles. The molecule has 0 aliphatic carbocycles. The van der Waals surface area contributed by atoms with Crippen molar-refractivity contribution in [2.75, 3.05) is 46.8 Å². The average molecular weight is 293 g/mol. The van der Waals surface area contributed by atoms with Crippen LogP contribution in [0.15, 0.2) is 4.52 Å². The van der Waals surface area contributed by atoms with Crippen LogP contribution >= 0.6 is 0 Å². The minimum absolute atomic E-state index is 0.491. The number of hydrogen-bond acceptors (Lipinski definition) is 6. The first-order chi connectivity index (χ1) is 10.2. The summed E-state index contributed by atoms with van der Waals surface area (Å²) in [5, 5.41) is 7.62. The SMILES string of the molecule is CN1CCN(C)C(Cc2noc(CC3CCCNC3)n2)C1. The molecule has 0 bridgehead atoms. The molecule has 0 aromatic carbocycles. The number of piperidine rings is 1. The van der Waals surface area contributed by atoms with Gasteiger partial charge in [0.15, 0.2) is 5.82 Å². The molecule has 21 heavy (non-hydrogen) atoms. The quantitative estimate of drug-likeness (QED) is 0.867. The largest absolute Gasteiger partial charge is 0.339 e. The van der Waals surface area contributed by atoms with Gasteiger partial charge in [0.1, 0.15) is 0 Å². The number of likely N-dealkylation sites (N-methyl/N-ethyl adjacent to an activating group) is 2. The fourth-order valence-corrected chi connectivity index (χ4v) is 3.33. The van der Waals surface area contributed by atoms with E-state index in [1.54, 1.807) is 0 Å². The summed E-state index contributed by atoms with van der Waals surface area (Å²) < 4.78 is 5.45. The lowest BCUT2D eigenvalue weighted by Gasteiger charge is -2.37. The van der Waals surface area contributed by atoms with Gasteiger partial charge in [-0.15, -0.1) is 0 Å². The van der Waals surface area contributed by atoms with Crippen molar-refractivity contribution in [2.45, 2.75) is 31.7 Å². The lowest BCUT2D eigenvalue weighted by atomic mass is 9.96. The highest BCUT2D eigenvalue weighted by Gasteiger charge is 2.24. The lowest BCUT2D eigenvalue weighted by Crippen LogP contribution is -2.50. The van der Waals surface area contributed by atoms with Gasteiger partial charge in [0.2, 0.25) is 5.89 Å². The van der Waals surface area contributed by atoms with Crippen LogP contribution in [-0.2, 0) is 12.8 Å². The van der Waals surface area contributed by atoms with Crippen LogP contribution in [0.3, 0.4) is 0 Å². The third kappa shape index (κ3) is 4.02. The summed E-state index contributed by atoms with van der Waals surface area (Å²) in [6.45, 7) is 5.55. The Balaban J connectivity index is 1.54. The Labute approximate surface area is 126 Å². The Morgan fingerprint density at radius 2 is 2.19 bits per heavy atom. The fourth-order valence-electron chi connectivity index (χ4n) is 3.33. The molecule has 2 unspecified atom stereocenters. The number of nitrogens with zero attached hydrogens (tertiary/aromatic N) is 4. The van der Waals surface area contributed by atoms with Crippen LogP contribution in [0.25, 0.3) is 0 Å². The maximum Gasteiger partial charge on any atom is 0.226 e. The van der Waals surface area contributed by atoms with E-state index in [1.165, 1.54) is 12.8 Å². The first kappa shape index (κ1) is 14.9. The van der Waals surface area contributed by atoms with Gasteiger partial charge >= 0.3 is 0 Å². The van der Waals surface area contributed by atoms with Crippen LogP contribution in [0.5, 0.6) is 0 Å². The molecule has 0 spiro atoms. The van der Waals surface area contributed by atoms with E-state index >= 15 is 0 Å². The molecule has 0 saturated carbocycles. The van der Waals surface area contributed by atoms with Crippen molar-refractivity contribution in [1.82, 2.24) is 25.3 Å². The van der Waals surface area contributed by atoms with E-state index in [9.17, 15) is 0 Å². The predicted octanol–water partition coefficient (Wildman–Crippen LogP) is 0.400. The Morgan fingerprint density at radius 1 is 1.29 bits per heavy atom. The molecule has 1 aromatic heterocycles. The molecule has 6 heteroatoms. The van der Waals surface area contributed by atoms with Gasteiger partial charge < -0.3 is 19.6 Å². The molecule has 1 aromatic rings. The molecule has 118 valence electrons. The van der Waals surface area contributed by atoms with Gasteiger partial charge in [-0.2, -0.15) is 4.98 Å². The minimum atomic E-state index is 0.491. The summed E-state index contributed by atoms with van der Waals surface area (Å²) in [4.78, 5) is 9.39. The summed E-state index contributed by atoms with van der Waals surface area (Å²) in [6, 6.07) is 0.491. The molecule has 2 fully saturated rings. The fraction of sp³-hybridized carbons (Fsp3) is 0.867. The zero-order valence-electron chi connectivity index (χ0n) is 13.2. The summed E-state index contributed by atoms with van der Waals surface area (Å²) >= 11 is 0. The topological polar surface area (TPSA) is 57.4 Å². The van der Waals surface area contributed by atoms with Gasteiger partial charge in [-0.05, 0) is 45.9 Å². The number of piperazine rings is 1. The first-order valence-electron chi connectivity index (χ1n) is 8.11. The van der Waals surface area contributed by atoms with Crippen LogP contribution < -0.4 is 5.32 Å². The third-order valence-electron chi connectivity index (χ3n) is 4.77. The Kier molecular flexibility index (Phi) is 4.87. The Morgan fingerprint density at radius 3 is 3.00 bits per heavy atom. The molecule has 3 heterocycles. The zero-order chi connectivity index (χ0) is 14.7. The zero-order valence-corrected chi connectivity index (χ0v) is 13.2. The summed E-state index contributed by atoms with van der Waals surface area (Å²) in [7, 11) is 4.37. The van der Waals surface area contributed by atoms with Crippen molar-refractivity contribution in [2.24, 2.45) is 5.92 Å². The molecule has 0 radical (unpaired) electrons. The second-order valence-corrected chi connectivity index (χ2v) is 6.62. The first-order valence-corrected chi connectivity index (χ1v) is 8.11. The van der Waals surface area contributed by atoms with Gasteiger partial charge in [-0.3, -0.25) is 0 Å². The molecule has 6 nitrogen and oxygen atoms in total. The second-order valence-electron chi connectivity index (χ2n) is 6.62. The maximum absolute atomic E-state index is 5.45. The van der Waals surface area contributed by atoms with E-state index in [2.05, 4.69) is 39.4 Å². The van der Waals surface area contributed by atoms with Crippen LogP contribution in [0.1, 0.15) is 24.6 Å². The third-order valence-corrected chi connectivity index (χ3v) is 4.77. The molecular weight excluding hydrogens is 266 g/mol. The number of rotatable bonds is 4. The standard InChI is InChI=1S/C15H27N5O/c1-19-6-7-20(2)13(11-19)9-14-17-15(21-18-14)8-12-4-3-5-16-10-12/h12-13,16H,3-11H2,1-2H3. The van der Waals surface area contributed by atoms with Gasteiger partial charge in [0.25, 0.3) is 0 Å². The second kappa shape index (κ2) is 6.85. The Hall–Kier alpha value is -0.980. The molecule has 0 amide bonds. The van der Waals surface area contributed by atoms with Crippen molar-refractivity contribution in [3.8, 4) is 0 Å². The van der Waals surface area contributed by atoms with Crippen LogP contribution in [0, 0.1) is 5.92 Å². The van der Waals surface area contributed by atoms with E-state index in [0.717, 1.165) is 57.3 Å². The van der Waals surface area contributed by atoms with Crippen molar-refractivity contribution in [3.63, 3.8) is 0 Å².